The largest absolute Gasteiger partial charge is 0.335 e. The van der Waals surface area contributed by atoms with E-state index in [1.165, 1.54) is 12.8 Å². The second-order valence-electron chi connectivity index (χ2n) is 2.69. The Balaban J connectivity index is 2.19. The van der Waals surface area contributed by atoms with Crippen molar-refractivity contribution < 1.29 is 4.79 Å². The summed E-state index contributed by atoms with van der Waals surface area (Å²) < 4.78 is 0. The first-order valence-electron chi connectivity index (χ1n) is 3.78. The summed E-state index contributed by atoms with van der Waals surface area (Å²) in [7, 11) is 0. The van der Waals surface area contributed by atoms with Gasteiger partial charge in [0.25, 0.3) is 0 Å². The Morgan fingerprint density at radius 1 is 1.45 bits per heavy atom. The molecule has 1 aliphatic rings. The van der Waals surface area contributed by atoms with Crippen molar-refractivity contribution in [1.29, 1.82) is 5.26 Å². The van der Waals surface area contributed by atoms with Crippen molar-refractivity contribution >= 4 is 6.03 Å². The predicted octanol–water partition coefficient (Wildman–Crippen LogP) is 0.709. The molecule has 0 saturated heterocycles. The number of nitriles is 1. The molecule has 1 fully saturated rings. The minimum atomic E-state index is -0.376. The van der Waals surface area contributed by atoms with Crippen LogP contribution in [0.3, 0.4) is 0 Å². The lowest BCUT2D eigenvalue weighted by atomic mass is 10.3. The minimum Gasteiger partial charge on any atom is -0.335 e. The molecule has 1 saturated carbocycles. The lowest BCUT2D eigenvalue weighted by Gasteiger charge is -2.09. The van der Waals surface area contributed by atoms with Crippen molar-refractivity contribution in [2.45, 2.75) is 31.7 Å². The first-order chi connectivity index (χ1) is 5.33. The summed E-state index contributed by atoms with van der Waals surface area (Å²) >= 11 is 0. The van der Waals surface area contributed by atoms with Gasteiger partial charge in [-0.2, -0.15) is 5.26 Å². The van der Waals surface area contributed by atoms with Crippen LogP contribution >= 0.6 is 0 Å². The fourth-order valence-corrected chi connectivity index (χ4v) is 1.34. The molecule has 1 aliphatic carbocycles. The van der Waals surface area contributed by atoms with Crippen LogP contribution in [0.4, 0.5) is 4.79 Å². The molecule has 11 heavy (non-hydrogen) atoms. The number of carbonyl (C=O) groups is 1. The summed E-state index contributed by atoms with van der Waals surface area (Å²) in [5, 5.41) is 12.8. The van der Waals surface area contributed by atoms with Gasteiger partial charge >= 0.3 is 6.03 Å². The van der Waals surface area contributed by atoms with Crippen LogP contribution in [-0.4, -0.2) is 12.1 Å². The minimum absolute atomic E-state index is 0.281. The molecule has 4 nitrogen and oxygen atoms in total. The molecule has 0 unspecified atom stereocenters. The number of carbonyl (C=O) groups excluding carboxylic acids is 1. The van der Waals surface area contributed by atoms with Gasteiger partial charge in [-0.1, -0.05) is 12.8 Å². The van der Waals surface area contributed by atoms with Crippen molar-refractivity contribution in [3.8, 4) is 6.19 Å². The molecular formula is C7H11N3O. The Hall–Kier alpha value is -1.24. The van der Waals surface area contributed by atoms with Gasteiger partial charge in [-0.3, -0.25) is 0 Å². The lowest BCUT2D eigenvalue weighted by Crippen LogP contribution is -2.38. The third-order valence-corrected chi connectivity index (χ3v) is 1.86. The fourth-order valence-electron chi connectivity index (χ4n) is 1.34. The highest BCUT2D eigenvalue weighted by molar-refractivity contribution is 5.75. The van der Waals surface area contributed by atoms with Crippen LogP contribution in [0, 0.1) is 11.5 Å². The summed E-state index contributed by atoms with van der Waals surface area (Å²) in [5.41, 5.74) is 0. The Kier molecular flexibility index (Phi) is 2.73. The second-order valence-corrected chi connectivity index (χ2v) is 2.69. The van der Waals surface area contributed by atoms with Gasteiger partial charge in [-0.25, -0.2) is 10.1 Å². The number of nitrogens with one attached hydrogen (secondary N) is 2. The Morgan fingerprint density at radius 2 is 2.09 bits per heavy atom. The van der Waals surface area contributed by atoms with Crippen LogP contribution < -0.4 is 10.6 Å². The van der Waals surface area contributed by atoms with E-state index in [0.29, 0.717) is 0 Å². The van der Waals surface area contributed by atoms with Crippen molar-refractivity contribution in [2.24, 2.45) is 0 Å². The van der Waals surface area contributed by atoms with Crippen LogP contribution in [0.15, 0.2) is 0 Å². The smallest absolute Gasteiger partial charge is 0.328 e. The molecule has 0 spiro atoms. The van der Waals surface area contributed by atoms with E-state index in [1.807, 2.05) is 5.32 Å². The van der Waals surface area contributed by atoms with Crippen LogP contribution in [0.5, 0.6) is 0 Å². The van der Waals surface area contributed by atoms with Crippen LogP contribution in [0.1, 0.15) is 25.7 Å². The van der Waals surface area contributed by atoms with E-state index < -0.39 is 0 Å². The zero-order chi connectivity index (χ0) is 8.10. The fraction of sp³-hybridized carbons (Fsp3) is 0.714. The lowest BCUT2D eigenvalue weighted by molar-refractivity contribution is 0.241. The molecule has 0 bridgehead atoms. The molecule has 1 rings (SSSR count). The van der Waals surface area contributed by atoms with Gasteiger partial charge in [0.15, 0.2) is 6.19 Å². The zero-order valence-electron chi connectivity index (χ0n) is 6.26. The zero-order valence-corrected chi connectivity index (χ0v) is 6.26. The number of hydrogen-bond acceptors (Lipinski definition) is 2. The quantitative estimate of drug-likeness (QED) is 0.430. The van der Waals surface area contributed by atoms with Gasteiger partial charge in [-0.15, -0.1) is 0 Å². The predicted molar refractivity (Wildman–Crippen MR) is 39.5 cm³/mol. The third kappa shape index (κ3) is 2.46. The van der Waals surface area contributed by atoms with E-state index in [2.05, 4.69) is 5.32 Å². The first-order valence-corrected chi connectivity index (χ1v) is 3.78. The van der Waals surface area contributed by atoms with E-state index in [1.54, 1.807) is 6.19 Å². The first kappa shape index (κ1) is 7.86. The van der Waals surface area contributed by atoms with Crippen LogP contribution in [0.25, 0.3) is 0 Å². The van der Waals surface area contributed by atoms with Crippen molar-refractivity contribution in [1.82, 2.24) is 10.6 Å². The monoisotopic (exact) mass is 153 g/mol. The van der Waals surface area contributed by atoms with Gasteiger partial charge in [0.1, 0.15) is 0 Å². The molecule has 0 aromatic rings. The number of hydrogen-bond donors (Lipinski definition) is 2. The average Bonchev–Trinajstić information content (AvgIpc) is 2.40. The maximum Gasteiger partial charge on any atom is 0.328 e. The van der Waals surface area contributed by atoms with Crippen molar-refractivity contribution in [3.05, 3.63) is 0 Å². The van der Waals surface area contributed by atoms with Gasteiger partial charge in [0.2, 0.25) is 0 Å². The maximum absolute atomic E-state index is 10.8. The van der Waals surface area contributed by atoms with Gasteiger partial charge in [0.05, 0.1) is 0 Å². The van der Waals surface area contributed by atoms with Crippen molar-refractivity contribution in [3.63, 3.8) is 0 Å². The van der Waals surface area contributed by atoms with E-state index in [-0.39, 0.29) is 12.1 Å². The molecule has 4 heteroatoms. The molecule has 0 atom stereocenters. The van der Waals surface area contributed by atoms with E-state index in [0.717, 1.165) is 12.8 Å². The number of urea groups is 1. The molecular weight excluding hydrogens is 142 g/mol. The maximum atomic E-state index is 10.8. The summed E-state index contributed by atoms with van der Waals surface area (Å²) in [4.78, 5) is 10.8. The Bertz CT molecular complexity index is 179. The number of nitrogens with zero attached hydrogens (tertiary/aromatic N) is 1. The molecule has 0 aliphatic heterocycles. The molecule has 60 valence electrons. The molecule has 2 N–H and O–H groups in total. The highest BCUT2D eigenvalue weighted by Gasteiger charge is 2.16. The van der Waals surface area contributed by atoms with Crippen molar-refractivity contribution in [2.75, 3.05) is 0 Å². The SMILES string of the molecule is N#CNC(=O)NC1CCCC1. The second kappa shape index (κ2) is 3.81. The highest BCUT2D eigenvalue weighted by atomic mass is 16.2. The van der Waals surface area contributed by atoms with Gasteiger partial charge < -0.3 is 5.32 Å². The average molecular weight is 153 g/mol. The molecule has 2 amide bonds. The highest BCUT2D eigenvalue weighted by Crippen LogP contribution is 2.17. The summed E-state index contributed by atoms with van der Waals surface area (Å²) in [5.74, 6) is 0. The topological polar surface area (TPSA) is 64.9 Å². The summed E-state index contributed by atoms with van der Waals surface area (Å²) in [6, 6.07) is -0.0947. The molecule has 0 aromatic carbocycles. The van der Waals surface area contributed by atoms with Crippen LogP contribution in [0.2, 0.25) is 0 Å². The summed E-state index contributed by atoms with van der Waals surface area (Å²) in [6.07, 6.45) is 6.02. The van der Waals surface area contributed by atoms with Gasteiger partial charge in [0, 0.05) is 6.04 Å². The van der Waals surface area contributed by atoms with Crippen LogP contribution in [-0.2, 0) is 0 Å². The normalized spacial score (nSPS) is 17.4. The molecule has 0 radical (unpaired) electrons. The van der Waals surface area contributed by atoms with E-state index in [9.17, 15) is 4.79 Å². The Morgan fingerprint density at radius 3 is 2.64 bits per heavy atom. The van der Waals surface area contributed by atoms with E-state index >= 15 is 0 Å². The Labute approximate surface area is 65.6 Å². The standard InChI is InChI=1S/C7H11N3O/c8-5-9-7(11)10-6-3-1-2-4-6/h6H,1-4H2,(H2,9,10,11). The third-order valence-electron chi connectivity index (χ3n) is 1.86. The molecule has 0 aromatic heterocycles. The van der Waals surface area contributed by atoms with Gasteiger partial charge in [-0.05, 0) is 12.8 Å². The van der Waals surface area contributed by atoms with E-state index in [4.69, 9.17) is 5.26 Å². The number of rotatable bonds is 1. The number of amides is 2. The molecule has 0 heterocycles. The summed E-state index contributed by atoms with van der Waals surface area (Å²) in [6.45, 7) is 0.